The fraction of sp³-hybridized carbons (Fsp3) is 0.222. The van der Waals surface area contributed by atoms with Crippen LogP contribution in [0, 0.1) is 11.7 Å². The third-order valence-corrected chi connectivity index (χ3v) is 3.59. The van der Waals surface area contributed by atoms with Crippen molar-refractivity contribution in [1.82, 2.24) is 9.97 Å². The van der Waals surface area contributed by atoms with Crippen molar-refractivity contribution in [3.05, 3.63) is 54.1 Å². The summed E-state index contributed by atoms with van der Waals surface area (Å²) >= 11 is 0. The lowest BCUT2D eigenvalue weighted by Crippen LogP contribution is -2.04. The molecule has 0 amide bonds. The van der Waals surface area contributed by atoms with Gasteiger partial charge in [0.1, 0.15) is 11.6 Å². The first-order chi connectivity index (χ1) is 10.6. The molecule has 5 heteroatoms. The molecule has 0 unspecified atom stereocenters. The zero-order chi connectivity index (χ0) is 15.7. The van der Waals surface area contributed by atoms with Gasteiger partial charge >= 0.3 is 0 Å². The van der Waals surface area contributed by atoms with Gasteiger partial charge in [0.15, 0.2) is 0 Å². The number of rotatable bonds is 3. The normalized spacial score (nSPS) is 10.8. The van der Waals surface area contributed by atoms with E-state index in [1.165, 1.54) is 6.07 Å². The van der Waals surface area contributed by atoms with Gasteiger partial charge in [0.05, 0.1) is 11.2 Å². The molecule has 0 saturated heterocycles. The van der Waals surface area contributed by atoms with E-state index >= 15 is 0 Å². The Morgan fingerprint density at radius 2 is 1.91 bits per heavy atom. The Morgan fingerprint density at radius 1 is 1.13 bits per heavy atom. The molecular weight excluding hydrogens is 313 g/mol. The van der Waals surface area contributed by atoms with Gasteiger partial charge in [0.25, 0.3) is 0 Å². The Bertz CT molecular complexity index is 834. The standard InChI is InChI=1S/C18H18FN3.ClH/c1-11(2)10-15-13(6-8-16(20)22-15)17-14(19)7-5-12-4-3-9-21-18(12)17;/h3-9,11H,10H2,1-2H3,(H2,20,22);1H. The monoisotopic (exact) mass is 331 g/mol. The summed E-state index contributed by atoms with van der Waals surface area (Å²) in [5.74, 6) is 0.565. The van der Waals surface area contributed by atoms with Crippen molar-refractivity contribution in [2.24, 2.45) is 5.92 Å². The minimum Gasteiger partial charge on any atom is -0.384 e. The number of aromatic nitrogens is 2. The fourth-order valence-electron chi connectivity index (χ4n) is 2.66. The molecular formula is C18H19ClFN3. The highest BCUT2D eigenvalue weighted by Gasteiger charge is 2.16. The molecule has 0 atom stereocenters. The minimum absolute atomic E-state index is 0. The summed E-state index contributed by atoms with van der Waals surface area (Å²) < 4.78 is 14.5. The highest BCUT2D eigenvalue weighted by molar-refractivity contribution is 5.94. The van der Waals surface area contributed by atoms with Gasteiger partial charge in [-0.2, -0.15) is 0 Å². The molecule has 1 aromatic carbocycles. The van der Waals surface area contributed by atoms with Crippen molar-refractivity contribution < 1.29 is 4.39 Å². The van der Waals surface area contributed by atoms with E-state index in [0.717, 1.165) is 23.1 Å². The second-order valence-corrected chi connectivity index (χ2v) is 5.83. The van der Waals surface area contributed by atoms with Crippen LogP contribution in [0.25, 0.3) is 22.0 Å². The molecule has 2 aromatic heterocycles. The van der Waals surface area contributed by atoms with E-state index in [0.29, 0.717) is 22.8 Å². The quantitative estimate of drug-likeness (QED) is 0.760. The van der Waals surface area contributed by atoms with Crippen LogP contribution in [0.5, 0.6) is 0 Å². The van der Waals surface area contributed by atoms with E-state index < -0.39 is 0 Å². The predicted molar refractivity (Wildman–Crippen MR) is 95.1 cm³/mol. The summed E-state index contributed by atoms with van der Waals surface area (Å²) in [6.07, 6.45) is 2.42. The van der Waals surface area contributed by atoms with Crippen LogP contribution in [0.1, 0.15) is 19.5 Å². The molecule has 2 N–H and O–H groups in total. The first-order valence-electron chi connectivity index (χ1n) is 7.35. The summed E-state index contributed by atoms with van der Waals surface area (Å²) in [6.45, 7) is 4.21. The van der Waals surface area contributed by atoms with E-state index in [2.05, 4.69) is 23.8 Å². The Kier molecular flexibility index (Phi) is 5.16. The molecule has 0 aliphatic rings. The smallest absolute Gasteiger partial charge is 0.133 e. The molecule has 0 bridgehead atoms. The van der Waals surface area contributed by atoms with Crippen LogP contribution in [0.2, 0.25) is 0 Å². The number of nitrogens with two attached hydrogens (primary N) is 1. The molecule has 120 valence electrons. The molecule has 0 fully saturated rings. The van der Waals surface area contributed by atoms with Crippen LogP contribution in [0.3, 0.4) is 0 Å². The zero-order valence-corrected chi connectivity index (χ0v) is 13.9. The number of benzene rings is 1. The molecule has 0 saturated carbocycles. The number of anilines is 1. The fourth-order valence-corrected chi connectivity index (χ4v) is 2.66. The maximum absolute atomic E-state index is 14.5. The van der Waals surface area contributed by atoms with E-state index in [1.807, 2.05) is 18.2 Å². The largest absolute Gasteiger partial charge is 0.384 e. The van der Waals surface area contributed by atoms with Crippen LogP contribution in [0.15, 0.2) is 42.6 Å². The van der Waals surface area contributed by atoms with Crippen LogP contribution >= 0.6 is 12.4 Å². The second-order valence-electron chi connectivity index (χ2n) is 5.83. The first kappa shape index (κ1) is 17.2. The third kappa shape index (κ3) is 3.42. The van der Waals surface area contributed by atoms with Crippen LogP contribution in [-0.4, -0.2) is 9.97 Å². The van der Waals surface area contributed by atoms with Crippen LogP contribution in [0.4, 0.5) is 10.2 Å². The maximum atomic E-state index is 14.5. The first-order valence-corrected chi connectivity index (χ1v) is 7.35. The van der Waals surface area contributed by atoms with Crippen molar-refractivity contribution in [1.29, 1.82) is 0 Å². The summed E-state index contributed by atoms with van der Waals surface area (Å²) in [5, 5.41) is 0.909. The number of pyridine rings is 2. The number of fused-ring (bicyclic) bond motifs is 1. The summed E-state index contributed by atoms with van der Waals surface area (Å²) in [7, 11) is 0. The molecule has 3 nitrogen and oxygen atoms in total. The van der Waals surface area contributed by atoms with Crippen LogP contribution in [-0.2, 0) is 6.42 Å². The lowest BCUT2D eigenvalue weighted by Gasteiger charge is -2.14. The van der Waals surface area contributed by atoms with Crippen molar-refractivity contribution in [2.45, 2.75) is 20.3 Å². The van der Waals surface area contributed by atoms with Gasteiger partial charge in [0.2, 0.25) is 0 Å². The Balaban J connectivity index is 0.00000192. The van der Waals surface area contributed by atoms with Crippen molar-refractivity contribution >= 4 is 29.1 Å². The van der Waals surface area contributed by atoms with Gasteiger partial charge in [-0.25, -0.2) is 9.37 Å². The summed E-state index contributed by atoms with van der Waals surface area (Å²) in [4.78, 5) is 8.78. The SMILES string of the molecule is CC(C)Cc1nc(N)ccc1-c1c(F)ccc2cccnc12.Cl. The number of nitrogen functional groups attached to an aromatic ring is 1. The molecule has 0 radical (unpaired) electrons. The highest BCUT2D eigenvalue weighted by Crippen LogP contribution is 2.33. The lowest BCUT2D eigenvalue weighted by atomic mass is 9.96. The Morgan fingerprint density at radius 3 is 2.65 bits per heavy atom. The molecule has 0 spiro atoms. The average Bonchev–Trinajstić information content (AvgIpc) is 2.48. The average molecular weight is 332 g/mol. The topological polar surface area (TPSA) is 51.8 Å². The van der Waals surface area contributed by atoms with Gasteiger partial charge in [-0.3, -0.25) is 4.98 Å². The molecule has 3 aromatic rings. The highest BCUT2D eigenvalue weighted by atomic mass is 35.5. The van der Waals surface area contributed by atoms with E-state index in [1.54, 1.807) is 18.3 Å². The van der Waals surface area contributed by atoms with Gasteiger partial charge in [0, 0.05) is 22.7 Å². The molecule has 3 rings (SSSR count). The van der Waals surface area contributed by atoms with Crippen LogP contribution < -0.4 is 5.73 Å². The summed E-state index contributed by atoms with van der Waals surface area (Å²) in [5.41, 5.74) is 8.54. The minimum atomic E-state index is -0.289. The van der Waals surface area contributed by atoms with E-state index in [9.17, 15) is 4.39 Å². The van der Waals surface area contributed by atoms with Crippen molar-refractivity contribution in [3.63, 3.8) is 0 Å². The summed E-state index contributed by atoms with van der Waals surface area (Å²) in [6, 6.07) is 10.5. The molecule has 23 heavy (non-hydrogen) atoms. The third-order valence-electron chi connectivity index (χ3n) is 3.59. The van der Waals surface area contributed by atoms with E-state index in [-0.39, 0.29) is 18.2 Å². The molecule has 0 aliphatic carbocycles. The molecule has 0 aliphatic heterocycles. The molecule has 2 heterocycles. The number of hydrogen-bond donors (Lipinski definition) is 1. The van der Waals surface area contributed by atoms with Gasteiger partial charge < -0.3 is 5.73 Å². The Hall–Kier alpha value is -2.20. The number of halogens is 2. The van der Waals surface area contributed by atoms with Crippen molar-refractivity contribution in [3.8, 4) is 11.1 Å². The van der Waals surface area contributed by atoms with Gasteiger partial charge in [-0.15, -0.1) is 12.4 Å². The van der Waals surface area contributed by atoms with Gasteiger partial charge in [-0.05, 0) is 42.7 Å². The maximum Gasteiger partial charge on any atom is 0.133 e. The number of nitrogens with zero attached hydrogens (tertiary/aromatic N) is 2. The number of hydrogen-bond acceptors (Lipinski definition) is 3. The lowest BCUT2D eigenvalue weighted by molar-refractivity contribution is 0.626. The Labute approximate surface area is 141 Å². The predicted octanol–water partition coefficient (Wildman–Crippen LogP) is 4.64. The second kappa shape index (κ2) is 6.92. The van der Waals surface area contributed by atoms with Gasteiger partial charge in [-0.1, -0.05) is 19.9 Å². The zero-order valence-electron chi connectivity index (χ0n) is 13.1. The van der Waals surface area contributed by atoms with Crippen molar-refractivity contribution in [2.75, 3.05) is 5.73 Å². The van der Waals surface area contributed by atoms with E-state index in [4.69, 9.17) is 5.73 Å².